The zero-order chi connectivity index (χ0) is 18.9. The molecule has 5 heteroatoms. The maximum Gasteiger partial charge on any atom is 0.326 e. The molecule has 0 amide bonds. The molecule has 0 unspecified atom stereocenters. The van der Waals surface area contributed by atoms with E-state index in [9.17, 15) is 4.79 Å². The first-order valence-corrected chi connectivity index (χ1v) is 9.26. The van der Waals surface area contributed by atoms with Crippen molar-refractivity contribution in [1.82, 2.24) is 4.57 Å². The molecule has 3 rings (SSSR count). The van der Waals surface area contributed by atoms with Crippen molar-refractivity contribution >= 4 is 16.9 Å². The number of carbonyl (C=O) groups is 1. The van der Waals surface area contributed by atoms with Crippen LogP contribution < -0.4 is 4.74 Å². The molecule has 0 saturated heterocycles. The summed E-state index contributed by atoms with van der Waals surface area (Å²) < 4.78 is 18.4. The van der Waals surface area contributed by atoms with Gasteiger partial charge in [-0.05, 0) is 30.2 Å². The summed E-state index contributed by atoms with van der Waals surface area (Å²) in [6, 6.07) is 17.9. The Morgan fingerprint density at radius 3 is 2.63 bits per heavy atom. The maximum atomic E-state index is 12.1. The van der Waals surface area contributed by atoms with Crippen molar-refractivity contribution in [1.29, 1.82) is 0 Å². The predicted molar refractivity (Wildman–Crippen MR) is 105 cm³/mol. The Bertz CT molecular complexity index is 857. The van der Waals surface area contributed by atoms with Gasteiger partial charge < -0.3 is 18.8 Å². The fourth-order valence-corrected chi connectivity index (χ4v) is 2.84. The zero-order valence-corrected chi connectivity index (χ0v) is 15.6. The van der Waals surface area contributed by atoms with Gasteiger partial charge in [-0.2, -0.15) is 0 Å². The Hall–Kier alpha value is -2.79. The number of carbonyl (C=O) groups excluding carboxylic acids is 1. The van der Waals surface area contributed by atoms with Crippen LogP contribution in [0.25, 0.3) is 10.9 Å². The molecule has 1 heterocycles. The molecule has 0 fully saturated rings. The summed E-state index contributed by atoms with van der Waals surface area (Å²) in [5.41, 5.74) is 2.06. The van der Waals surface area contributed by atoms with Crippen LogP contribution in [0.5, 0.6) is 5.75 Å². The summed E-state index contributed by atoms with van der Waals surface area (Å²) in [5, 5.41) is 0.979. The van der Waals surface area contributed by atoms with Gasteiger partial charge in [0.1, 0.15) is 25.5 Å². The first kappa shape index (κ1) is 19.0. The molecule has 0 bridgehead atoms. The third-order valence-electron chi connectivity index (χ3n) is 4.15. The van der Waals surface area contributed by atoms with Crippen LogP contribution in [0.3, 0.4) is 0 Å². The molecule has 5 nitrogen and oxygen atoms in total. The number of esters is 1. The van der Waals surface area contributed by atoms with Gasteiger partial charge in [0.25, 0.3) is 0 Å². The summed E-state index contributed by atoms with van der Waals surface area (Å²) in [6.07, 6.45) is 2.84. The highest BCUT2D eigenvalue weighted by Crippen LogP contribution is 2.27. The van der Waals surface area contributed by atoms with Crippen molar-refractivity contribution < 1.29 is 19.0 Å². The lowest BCUT2D eigenvalue weighted by atomic mass is 10.2. The van der Waals surface area contributed by atoms with E-state index in [1.807, 2.05) is 72.3 Å². The van der Waals surface area contributed by atoms with Crippen LogP contribution in [-0.2, 0) is 27.4 Å². The predicted octanol–water partition coefficient (Wildman–Crippen LogP) is 4.19. The molecule has 0 aliphatic heterocycles. The van der Waals surface area contributed by atoms with Gasteiger partial charge in [0.05, 0.1) is 12.1 Å². The first-order valence-electron chi connectivity index (χ1n) is 9.26. The number of nitrogens with zero attached hydrogens (tertiary/aromatic N) is 1. The number of benzene rings is 2. The lowest BCUT2D eigenvalue weighted by molar-refractivity contribution is -0.145. The third kappa shape index (κ3) is 5.34. The van der Waals surface area contributed by atoms with Gasteiger partial charge in [-0.3, -0.25) is 4.79 Å². The lowest BCUT2D eigenvalue weighted by Gasteiger charge is -2.09. The van der Waals surface area contributed by atoms with E-state index in [2.05, 4.69) is 0 Å². The third-order valence-corrected chi connectivity index (χ3v) is 4.15. The molecule has 0 spiro atoms. The Morgan fingerprint density at radius 2 is 1.81 bits per heavy atom. The van der Waals surface area contributed by atoms with E-state index in [4.69, 9.17) is 14.2 Å². The SMILES string of the molecule is CCCOCCOC(=O)Cn1ccc2c(OCc3ccccc3)cccc21. The van der Waals surface area contributed by atoms with Gasteiger partial charge in [0.15, 0.2) is 0 Å². The van der Waals surface area contributed by atoms with Crippen molar-refractivity contribution in [3.8, 4) is 5.75 Å². The Labute approximate surface area is 159 Å². The van der Waals surface area contributed by atoms with Crippen molar-refractivity contribution in [3.63, 3.8) is 0 Å². The van der Waals surface area contributed by atoms with Crippen LogP contribution in [0.1, 0.15) is 18.9 Å². The maximum absolute atomic E-state index is 12.1. The van der Waals surface area contributed by atoms with Gasteiger partial charge in [-0.15, -0.1) is 0 Å². The first-order chi connectivity index (χ1) is 13.3. The number of aromatic nitrogens is 1. The minimum absolute atomic E-state index is 0.166. The molecule has 2 aromatic carbocycles. The Balaban J connectivity index is 1.60. The van der Waals surface area contributed by atoms with Crippen molar-refractivity contribution in [2.24, 2.45) is 0 Å². The largest absolute Gasteiger partial charge is 0.488 e. The van der Waals surface area contributed by atoms with E-state index < -0.39 is 0 Å². The van der Waals surface area contributed by atoms with E-state index >= 15 is 0 Å². The molecule has 27 heavy (non-hydrogen) atoms. The second kappa shape index (κ2) is 9.78. The summed E-state index contributed by atoms with van der Waals surface area (Å²) in [5.74, 6) is 0.527. The van der Waals surface area contributed by atoms with Gasteiger partial charge in [0.2, 0.25) is 0 Å². The van der Waals surface area contributed by atoms with Gasteiger partial charge in [-0.25, -0.2) is 0 Å². The minimum atomic E-state index is -0.275. The molecule has 0 N–H and O–H groups in total. The van der Waals surface area contributed by atoms with Crippen LogP contribution in [-0.4, -0.2) is 30.4 Å². The second-order valence-electron chi connectivity index (χ2n) is 6.24. The lowest BCUT2D eigenvalue weighted by Crippen LogP contribution is -2.16. The molecule has 142 valence electrons. The number of rotatable bonds is 10. The van der Waals surface area contributed by atoms with Gasteiger partial charge in [-0.1, -0.05) is 43.3 Å². The summed E-state index contributed by atoms with van der Waals surface area (Å²) in [6.45, 7) is 4.11. The molecule has 1 aromatic heterocycles. The molecule has 0 radical (unpaired) electrons. The quantitative estimate of drug-likeness (QED) is 0.398. The number of hydrogen-bond acceptors (Lipinski definition) is 4. The molecular formula is C22H25NO4. The van der Waals surface area contributed by atoms with Crippen molar-refractivity contribution in [3.05, 3.63) is 66.4 Å². The number of fused-ring (bicyclic) bond motifs is 1. The average molecular weight is 367 g/mol. The smallest absolute Gasteiger partial charge is 0.326 e. The van der Waals surface area contributed by atoms with Crippen LogP contribution in [0.2, 0.25) is 0 Å². The second-order valence-corrected chi connectivity index (χ2v) is 6.24. The highest BCUT2D eigenvalue weighted by Gasteiger charge is 2.10. The van der Waals surface area contributed by atoms with E-state index in [1.54, 1.807) is 0 Å². The molecular weight excluding hydrogens is 342 g/mol. The topological polar surface area (TPSA) is 49.7 Å². The average Bonchev–Trinajstić information content (AvgIpc) is 3.10. The van der Waals surface area contributed by atoms with E-state index in [-0.39, 0.29) is 19.1 Å². The molecule has 0 saturated carbocycles. The number of ether oxygens (including phenoxy) is 3. The Morgan fingerprint density at radius 1 is 0.963 bits per heavy atom. The fourth-order valence-electron chi connectivity index (χ4n) is 2.84. The van der Waals surface area contributed by atoms with Gasteiger partial charge in [0, 0.05) is 18.2 Å². The summed E-state index contributed by atoms with van der Waals surface area (Å²) in [4.78, 5) is 12.1. The number of hydrogen-bond donors (Lipinski definition) is 0. The summed E-state index contributed by atoms with van der Waals surface area (Å²) in [7, 11) is 0. The zero-order valence-electron chi connectivity index (χ0n) is 15.6. The van der Waals surface area contributed by atoms with Crippen LogP contribution >= 0.6 is 0 Å². The fraction of sp³-hybridized carbons (Fsp3) is 0.318. The van der Waals surface area contributed by atoms with Gasteiger partial charge >= 0.3 is 5.97 Å². The molecule has 0 aliphatic carbocycles. The normalized spacial score (nSPS) is 10.9. The Kier molecular flexibility index (Phi) is 6.88. The van der Waals surface area contributed by atoms with Crippen molar-refractivity contribution in [2.75, 3.05) is 19.8 Å². The summed E-state index contributed by atoms with van der Waals surface area (Å²) >= 11 is 0. The molecule has 0 aliphatic rings. The molecule has 3 aromatic rings. The van der Waals surface area contributed by atoms with Crippen LogP contribution in [0.15, 0.2) is 60.8 Å². The highest BCUT2D eigenvalue weighted by molar-refractivity contribution is 5.87. The monoisotopic (exact) mass is 367 g/mol. The van der Waals surface area contributed by atoms with E-state index in [0.29, 0.717) is 19.8 Å². The highest BCUT2D eigenvalue weighted by atomic mass is 16.6. The van der Waals surface area contributed by atoms with E-state index in [0.717, 1.165) is 28.6 Å². The van der Waals surface area contributed by atoms with Crippen molar-refractivity contribution in [2.45, 2.75) is 26.5 Å². The molecule has 0 atom stereocenters. The van der Waals surface area contributed by atoms with Crippen LogP contribution in [0.4, 0.5) is 0 Å². The standard InChI is InChI=1S/C22H25NO4/c1-2-13-25-14-15-26-22(24)16-23-12-11-19-20(23)9-6-10-21(19)27-17-18-7-4-3-5-8-18/h3-12H,2,13-17H2,1H3. The van der Waals surface area contributed by atoms with E-state index in [1.165, 1.54) is 0 Å². The van der Waals surface area contributed by atoms with Crippen LogP contribution in [0, 0.1) is 0 Å². The minimum Gasteiger partial charge on any atom is -0.488 e.